The van der Waals surface area contributed by atoms with E-state index in [0.29, 0.717) is 6.54 Å². The lowest BCUT2D eigenvalue weighted by Crippen LogP contribution is -2.43. The Morgan fingerprint density at radius 1 is 1.00 bits per heavy atom. The highest BCUT2D eigenvalue weighted by Gasteiger charge is 2.08. The topological polar surface area (TPSA) is 77.0 Å². The summed E-state index contributed by atoms with van der Waals surface area (Å²) in [6, 6.07) is 15.4. The third-order valence-electron chi connectivity index (χ3n) is 3.52. The molecule has 120 valence electrons. The number of guanidine groups is 1. The Morgan fingerprint density at radius 3 is 2.30 bits per heavy atom. The Kier molecular flexibility index (Phi) is 5.74. The maximum absolute atomic E-state index is 12.0. The van der Waals surface area contributed by atoms with Crippen molar-refractivity contribution in [2.24, 2.45) is 0 Å². The first-order valence-electron chi connectivity index (χ1n) is 7.57. The second-order valence-electron chi connectivity index (χ2n) is 5.38. The molecule has 2 aromatic rings. The molecule has 0 saturated carbocycles. The van der Waals surface area contributed by atoms with Crippen LogP contribution in [0.3, 0.4) is 0 Å². The van der Waals surface area contributed by atoms with Crippen molar-refractivity contribution in [3.8, 4) is 0 Å². The highest BCUT2D eigenvalue weighted by molar-refractivity contribution is 6.02. The van der Waals surface area contributed by atoms with E-state index in [1.807, 2.05) is 62.4 Å². The molecule has 0 aliphatic heterocycles. The third kappa shape index (κ3) is 5.14. The molecule has 0 aliphatic rings. The predicted molar refractivity (Wildman–Crippen MR) is 93.9 cm³/mol. The number of hydrogen-bond donors (Lipinski definition) is 4. The molecule has 0 aliphatic carbocycles. The number of rotatable bonds is 4. The quantitative estimate of drug-likeness (QED) is 0.517. The number of nitrogens with one attached hydrogen (secondary N) is 4. The number of carbonyl (C=O) groups is 1. The maximum atomic E-state index is 12.0. The summed E-state index contributed by atoms with van der Waals surface area (Å²) in [5, 5.41) is 15.9. The van der Waals surface area contributed by atoms with Crippen molar-refractivity contribution in [1.29, 1.82) is 5.41 Å². The molecule has 0 spiro atoms. The van der Waals surface area contributed by atoms with Crippen LogP contribution in [0.4, 0.5) is 10.5 Å². The van der Waals surface area contributed by atoms with E-state index in [1.165, 1.54) is 5.56 Å². The van der Waals surface area contributed by atoms with Gasteiger partial charge < -0.3 is 10.6 Å². The number of carbonyl (C=O) groups excluding carboxylic acids is 1. The predicted octanol–water partition coefficient (Wildman–Crippen LogP) is 3.19. The van der Waals surface area contributed by atoms with Crippen LogP contribution in [0.1, 0.15) is 16.7 Å². The van der Waals surface area contributed by atoms with Crippen molar-refractivity contribution in [2.45, 2.75) is 20.3 Å². The normalized spacial score (nSPS) is 10.0. The van der Waals surface area contributed by atoms with Crippen LogP contribution >= 0.6 is 0 Å². The van der Waals surface area contributed by atoms with Crippen LogP contribution in [0.15, 0.2) is 48.5 Å². The summed E-state index contributed by atoms with van der Waals surface area (Å²) in [4.78, 5) is 12.0. The number of aryl methyl sites for hydroxylation is 2. The molecule has 0 bridgehead atoms. The van der Waals surface area contributed by atoms with Gasteiger partial charge >= 0.3 is 6.03 Å². The molecule has 4 N–H and O–H groups in total. The smallest absolute Gasteiger partial charge is 0.326 e. The van der Waals surface area contributed by atoms with Crippen LogP contribution in [0.2, 0.25) is 0 Å². The average molecular weight is 310 g/mol. The SMILES string of the molecule is Cc1cccc(C)c1NC(=O)NC(=N)NCCc1ccccc1. The number of hydrogen-bond acceptors (Lipinski definition) is 2. The van der Waals surface area contributed by atoms with Crippen LogP contribution in [0.25, 0.3) is 0 Å². The zero-order valence-electron chi connectivity index (χ0n) is 13.4. The van der Waals surface area contributed by atoms with E-state index in [2.05, 4.69) is 16.0 Å². The van der Waals surface area contributed by atoms with Crippen molar-refractivity contribution in [1.82, 2.24) is 10.6 Å². The fraction of sp³-hybridized carbons (Fsp3) is 0.222. The molecule has 0 heterocycles. The largest absolute Gasteiger partial charge is 0.356 e. The summed E-state index contributed by atoms with van der Waals surface area (Å²) in [7, 11) is 0. The minimum Gasteiger partial charge on any atom is -0.356 e. The zero-order chi connectivity index (χ0) is 16.7. The monoisotopic (exact) mass is 310 g/mol. The number of benzene rings is 2. The number of anilines is 1. The summed E-state index contributed by atoms with van der Waals surface area (Å²) in [5.74, 6) is -0.00957. The van der Waals surface area contributed by atoms with Gasteiger partial charge in [-0.25, -0.2) is 4.79 Å². The maximum Gasteiger partial charge on any atom is 0.326 e. The molecule has 0 atom stereocenters. The van der Waals surface area contributed by atoms with Gasteiger partial charge in [0.2, 0.25) is 0 Å². The fourth-order valence-electron chi connectivity index (χ4n) is 2.29. The van der Waals surface area contributed by atoms with Gasteiger partial charge in [-0.15, -0.1) is 0 Å². The second kappa shape index (κ2) is 7.98. The van der Waals surface area contributed by atoms with Gasteiger partial charge in [-0.05, 0) is 37.0 Å². The van der Waals surface area contributed by atoms with Crippen LogP contribution in [0, 0.1) is 19.3 Å². The lowest BCUT2D eigenvalue weighted by atomic mass is 10.1. The molecule has 0 saturated heterocycles. The van der Waals surface area contributed by atoms with E-state index in [9.17, 15) is 4.79 Å². The van der Waals surface area contributed by atoms with Gasteiger partial charge in [0.1, 0.15) is 0 Å². The number of amides is 2. The van der Waals surface area contributed by atoms with E-state index in [0.717, 1.165) is 23.2 Å². The van der Waals surface area contributed by atoms with E-state index >= 15 is 0 Å². The van der Waals surface area contributed by atoms with Crippen molar-refractivity contribution >= 4 is 17.7 Å². The summed E-state index contributed by atoms with van der Waals surface area (Å²) in [6.07, 6.45) is 0.795. The molecule has 2 aromatic carbocycles. The molecular formula is C18H22N4O. The highest BCUT2D eigenvalue weighted by Crippen LogP contribution is 2.18. The number of urea groups is 1. The molecule has 2 amide bonds. The minimum atomic E-state index is -0.417. The Balaban J connectivity index is 1.78. The standard InChI is InChI=1S/C18H22N4O/c1-13-7-6-8-14(2)16(13)21-18(23)22-17(19)20-12-11-15-9-4-3-5-10-15/h3-10H,11-12H2,1-2H3,(H4,19,20,21,22,23). The van der Waals surface area contributed by atoms with Crippen molar-refractivity contribution in [3.63, 3.8) is 0 Å². The minimum absolute atomic E-state index is 0.00957. The van der Waals surface area contributed by atoms with Gasteiger partial charge in [0.15, 0.2) is 5.96 Å². The summed E-state index contributed by atoms with van der Waals surface area (Å²) < 4.78 is 0. The highest BCUT2D eigenvalue weighted by atomic mass is 16.2. The molecule has 0 radical (unpaired) electrons. The van der Waals surface area contributed by atoms with E-state index in [-0.39, 0.29) is 5.96 Å². The number of para-hydroxylation sites is 1. The average Bonchev–Trinajstić information content (AvgIpc) is 2.52. The van der Waals surface area contributed by atoms with Crippen LogP contribution < -0.4 is 16.0 Å². The zero-order valence-corrected chi connectivity index (χ0v) is 13.4. The van der Waals surface area contributed by atoms with Crippen LogP contribution in [-0.4, -0.2) is 18.5 Å². The molecule has 0 aromatic heterocycles. The molecule has 2 rings (SSSR count). The molecule has 5 nitrogen and oxygen atoms in total. The first-order valence-corrected chi connectivity index (χ1v) is 7.57. The van der Waals surface area contributed by atoms with Gasteiger partial charge in [0.25, 0.3) is 0 Å². The van der Waals surface area contributed by atoms with E-state index in [1.54, 1.807) is 0 Å². The first kappa shape index (κ1) is 16.5. The molecule has 0 unspecified atom stereocenters. The molecule has 23 heavy (non-hydrogen) atoms. The Hall–Kier alpha value is -2.82. The van der Waals surface area contributed by atoms with Crippen LogP contribution in [-0.2, 0) is 6.42 Å². The fourth-order valence-corrected chi connectivity index (χ4v) is 2.29. The van der Waals surface area contributed by atoms with Gasteiger partial charge in [-0.1, -0.05) is 48.5 Å². The van der Waals surface area contributed by atoms with Crippen LogP contribution in [0.5, 0.6) is 0 Å². The Labute approximate surface area is 136 Å². The summed E-state index contributed by atoms with van der Waals surface area (Å²) in [6.45, 7) is 4.46. The lowest BCUT2D eigenvalue weighted by molar-refractivity contribution is 0.255. The first-order chi connectivity index (χ1) is 11.1. The van der Waals surface area contributed by atoms with Gasteiger partial charge in [-0.3, -0.25) is 10.7 Å². The van der Waals surface area contributed by atoms with Crippen molar-refractivity contribution < 1.29 is 4.79 Å². The second-order valence-corrected chi connectivity index (χ2v) is 5.38. The molecule has 0 fully saturated rings. The molecular weight excluding hydrogens is 288 g/mol. The lowest BCUT2D eigenvalue weighted by Gasteiger charge is -2.13. The van der Waals surface area contributed by atoms with Gasteiger partial charge in [0, 0.05) is 12.2 Å². The van der Waals surface area contributed by atoms with Crippen molar-refractivity contribution in [2.75, 3.05) is 11.9 Å². The molecule has 5 heteroatoms. The summed E-state index contributed by atoms with van der Waals surface area (Å²) >= 11 is 0. The van der Waals surface area contributed by atoms with Crippen molar-refractivity contribution in [3.05, 3.63) is 65.2 Å². The Bertz CT molecular complexity index is 662. The summed E-state index contributed by atoms with van der Waals surface area (Å²) in [5.41, 5.74) is 3.95. The van der Waals surface area contributed by atoms with Gasteiger partial charge in [-0.2, -0.15) is 0 Å². The Morgan fingerprint density at radius 2 is 1.65 bits per heavy atom. The van der Waals surface area contributed by atoms with Gasteiger partial charge in [0.05, 0.1) is 0 Å². The van der Waals surface area contributed by atoms with E-state index in [4.69, 9.17) is 5.41 Å². The van der Waals surface area contributed by atoms with E-state index < -0.39 is 6.03 Å². The third-order valence-corrected chi connectivity index (χ3v) is 3.52.